The third-order valence-corrected chi connectivity index (χ3v) is 3.76. The van der Waals surface area contributed by atoms with Crippen molar-refractivity contribution in [3.8, 4) is 0 Å². The van der Waals surface area contributed by atoms with Crippen LogP contribution in [0.5, 0.6) is 0 Å². The van der Waals surface area contributed by atoms with Gasteiger partial charge in [-0.2, -0.15) is 0 Å². The Kier molecular flexibility index (Phi) is 3.62. The molecule has 0 amide bonds. The van der Waals surface area contributed by atoms with Gasteiger partial charge in [-0.25, -0.2) is 4.39 Å². The second kappa shape index (κ2) is 4.88. The van der Waals surface area contributed by atoms with Crippen molar-refractivity contribution < 1.29 is 4.39 Å². The highest BCUT2D eigenvalue weighted by atomic mass is 35.5. The molecule has 2 aromatic carbocycles. The first-order valence-corrected chi connectivity index (χ1v) is 6.18. The van der Waals surface area contributed by atoms with Crippen molar-refractivity contribution in [3.63, 3.8) is 0 Å². The SMILES string of the molecule is CC(N)(c1ccccc1F)c1cccc(Cl)c1Cl. The van der Waals surface area contributed by atoms with E-state index in [0.717, 1.165) is 0 Å². The van der Waals surface area contributed by atoms with E-state index in [0.29, 0.717) is 21.2 Å². The van der Waals surface area contributed by atoms with Gasteiger partial charge >= 0.3 is 0 Å². The highest BCUT2D eigenvalue weighted by Crippen LogP contribution is 2.36. The fourth-order valence-corrected chi connectivity index (χ4v) is 2.43. The average Bonchev–Trinajstić information content (AvgIpc) is 2.32. The molecule has 1 atom stereocenters. The van der Waals surface area contributed by atoms with E-state index in [1.807, 2.05) is 0 Å². The first-order chi connectivity index (χ1) is 8.44. The summed E-state index contributed by atoms with van der Waals surface area (Å²) in [6.45, 7) is 1.71. The number of benzene rings is 2. The molecule has 0 aliphatic carbocycles. The van der Waals surface area contributed by atoms with Crippen LogP contribution in [0.2, 0.25) is 10.0 Å². The van der Waals surface area contributed by atoms with Crippen molar-refractivity contribution in [2.45, 2.75) is 12.5 Å². The van der Waals surface area contributed by atoms with Crippen molar-refractivity contribution in [2.75, 3.05) is 0 Å². The highest BCUT2D eigenvalue weighted by molar-refractivity contribution is 6.42. The van der Waals surface area contributed by atoms with E-state index in [9.17, 15) is 4.39 Å². The Balaban J connectivity index is 2.62. The fraction of sp³-hybridized carbons (Fsp3) is 0.143. The molecule has 18 heavy (non-hydrogen) atoms. The minimum atomic E-state index is -1.03. The predicted octanol–water partition coefficient (Wildman–Crippen LogP) is 4.35. The van der Waals surface area contributed by atoms with Gasteiger partial charge in [0.25, 0.3) is 0 Å². The van der Waals surface area contributed by atoms with Gasteiger partial charge in [-0.1, -0.05) is 53.5 Å². The van der Waals surface area contributed by atoms with E-state index in [-0.39, 0.29) is 5.82 Å². The molecule has 2 aromatic rings. The second-order valence-electron chi connectivity index (χ2n) is 4.28. The summed E-state index contributed by atoms with van der Waals surface area (Å²) in [5, 5.41) is 0.759. The van der Waals surface area contributed by atoms with Gasteiger partial charge in [0.15, 0.2) is 0 Å². The van der Waals surface area contributed by atoms with Gasteiger partial charge in [0.2, 0.25) is 0 Å². The van der Waals surface area contributed by atoms with Crippen LogP contribution in [-0.2, 0) is 5.54 Å². The zero-order valence-electron chi connectivity index (χ0n) is 9.75. The summed E-state index contributed by atoms with van der Waals surface area (Å²) in [4.78, 5) is 0. The van der Waals surface area contributed by atoms with Gasteiger partial charge in [-0.05, 0) is 24.6 Å². The molecule has 0 heterocycles. The zero-order chi connectivity index (χ0) is 13.3. The predicted molar refractivity (Wildman–Crippen MR) is 73.5 cm³/mol. The summed E-state index contributed by atoms with van der Waals surface area (Å²) in [5.41, 5.74) is 6.19. The van der Waals surface area contributed by atoms with Gasteiger partial charge in [-0.3, -0.25) is 0 Å². The fourth-order valence-electron chi connectivity index (χ4n) is 1.93. The van der Waals surface area contributed by atoms with E-state index < -0.39 is 5.54 Å². The Hall–Kier alpha value is -1.09. The molecule has 1 nitrogen and oxygen atoms in total. The molecule has 0 radical (unpaired) electrons. The van der Waals surface area contributed by atoms with Crippen molar-refractivity contribution >= 4 is 23.2 Å². The first-order valence-electron chi connectivity index (χ1n) is 5.43. The zero-order valence-corrected chi connectivity index (χ0v) is 11.3. The molecule has 0 aromatic heterocycles. The maximum Gasteiger partial charge on any atom is 0.128 e. The Morgan fingerprint density at radius 2 is 1.61 bits per heavy atom. The smallest absolute Gasteiger partial charge is 0.128 e. The van der Waals surface area contributed by atoms with Crippen molar-refractivity contribution in [1.82, 2.24) is 0 Å². The molecule has 94 valence electrons. The highest BCUT2D eigenvalue weighted by Gasteiger charge is 2.29. The molecule has 0 aliphatic heterocycles. The first kappa shape index (κ1) is 13.3. The summed E-state index contributed by atoms with van der Waals surface area (Å²) >= 11 is 12.1. The van der Waals surface area contributed by atoms with Crippen LogP contribution in [0.3, 0.4) is 0 Å². The third-order valence-electron chi connectivity index (χ3n) is 2.94. The van der Waals surface area contributed by atoms with Crippen LogP contribution in [0, 0.1) is 5.82 Å². The largest absolute Gasteiger partial charge is 0.318 e. The average molecular weight is 284 g/mol. The third kappa shape index (κ3) is 2.24. The van der Waals surface area contributed by atoms with Gasteiger partial charge in [-0.15, -0.1) is 0 Å². The summed E-state index contributed by atoms with van der Waals surface area (Å²) in [6.07, 6.45) is 0. The topological polar surface area (TPSA) is 26.0 Å². The lowest BCUT2D eigenvalue weighted by Gasteiger charge is -2.27. The molecule has 0 saturated carbocycles. The number of hydrogen-bond acceptors (Lipinski definition) is 1. The Morgan fingerprint density at radius 1 is 1.00 bits per heavy atom. The molecule has 4 heteroatoms. The van der Waals surface area contributed by atoms with Crippen LogP contribution in [0.15, 0.2) is 42.5 Å². The molecule has 0 spiro atoms. The monoisotopic (exact) mass is 283 g/mol. The Labute approximate surface area is 115 Å². The minimum absolute atomic E-state index is 0.354. The number of hydrogen-bond donors (Lipinski definition) is 1. The van der Waals surface area contributed by atoms with Crippen molar-refractivity contribution in [3.05, 3.63) is 69.5 Å². The van der Waals surface area contributed by atoms with Crippen molar-refractivity contribution in [2.24, 2.45) is 5.73 Å². The number of nitrogens with two attached hydrogens (primary N) is 1. The Morgan fingerprint density at radius 3 is 2.28 bits per heavy atom. The van der Waals surface area contributed by atoms with Crippen molar-refractivity contribution in [1.29, 1.82) is 0 Å². The second-order valence-corrected chi connectivity index (χ2v) is 5.07. The maximum absolute atomic E-state index is 13.8. The molecule has 0 aliphatic rings. The molecule has 0 fully saturated rings. The van der Waals surface area contributed by atoms with E-state index in [2.05, 4.69) is 0 Å². The van der Waals surface area contributed by atoms with E-state index in [1.165, 1.54) is 6.07 Å². The van der Waals surface area contributed by atoms with E-state index in [1.54, 1.807) is 43.3 Å². The standard InChI is InChI=1S/C14H12Cl2FN/c1-14(18,9-5-2-3-8-12(9)17)10-6-4-7-11(15)13(10)16/h2-8H,18H2,1H3. The summed E-state index contributed by atoms with van der Waals surface area (Å²) in [7, 11) is 0. The van der Waals surface area contributed by atoms with Gasteiger partial charge in [0, 0.05) is 5.56 Å². The van der Waals surface area contributed by atoms with Crippen LogP contribution in [-0.4, -0.2) is 0 Å². The van der Waals surface area contributed by atoms with Crippen LogP contribution in [0.25, 0.3) is 0 Å². The molecule has 1 unspecified atom stereocenters. The quantitative estimate of drug-likeness (QED) is 0.871. The van der Waals surface area contributed by atoms with Gasteiger partial charge in [0.05, 0.1) is 15.6 Å². The Bertz CT molecular complexity index is 582. The van der Waals surface area contributed by atoms with E-state index >= 15 is 0 Å². The molecule has 0 saturated heterocycles. The molecule has 0 bridgehead atoms. The molecular weight excluding hydrogens is 272 g/mol. The summed E-state index contributed by atoms with van der Waals surface area (Å²) in [5.74, 6) is -0.362. The van der Waals surface area contributed by atoms with Crippen LogP contribution in [0.4, 0.5) is 4.39 Å². The summed E-state index contributed by atoms with van der Waals surface area (Å²) < 4.78 is 13.8. The maximum atomic E-state index is 13.8. The van der Waals surface area contributed by atoms with E-state index in [4.69, 9.17) is 28.9 Å². The van der Waals surface area contributed by atoms with Crippen LogP contribution < -0.4 is 5.73 Å². The van der Waals surface area contributed by atoms with Gasteiger partial charge < -0.3 is 5.73 Å². The lowest BCUT2D eigenvalue weighted by atomic mass is 9.85. The normalized spacial score (nSPS) is 14.3. The molecule has 2 N–H and O–H groups in total. The van der Waals surface area contributed by atoms with Crippen LogP contribution in [0.1, 0.15) is 18.1 Å². The molecular formula is C14H12Cl2FN. The van der Waals surface area contributed by atoms with Crippen LogP contribution >= 0.6 is 23.2 Å². The van der Waals surface area contributed by atoms with Gasteiger partial charge in [0.1, 0.15) is 5.82 Å². The molecule has 2 rings (SSSR count). The lowest BCUT2D eigenvalue weighted by molar-refractivity contribution is 0.531. The lowest BCUT2D eigenvalue weighted by Crippen LogP contribution is -2.35. The number of rotatable bonds is 2. The summed E-state index contributed by atoms with van der Waals surface area (Å²) in [6, 6.07) is 11.5. The number of halogens is 3. The minimum Gasteiger partial charge on any atom is -0.318 e.